The van der Waals surface area contributed by atoms with Crippen LogP contribution in [0.1, 0.15) is 77.1 Å². The van der Waals surface area contributed by atoms with Crippen LogP contribution in [-0.4, -0.2) is 103 Å². The van der Waals surface area contributed by atoms with E-state index < -0.39 is 24.3 Å². The van der Waals surface area contributed by atoms with Crippen molar-refractivity contribution >= 4 is 46.2 Å². The second-order valence-electron chi connectivity index (χ2n) is 14.3. The number of H-pyrrole nitrogens is 2. The molecule has 5 aromatic rings. The predicted octanol–water partition coefficient (Wildman–Crippen LogP) is 4.84. The summed E-state index contributed by atoms with van der Waals surface area (Å²) >= 11 is 0. The van der Waals surface area contributed by atoms with Gasteiger partial charge in [0.1, 0.15) is 46.2 Å². The van der Waals surface area contributed by atoms with Crippen molar-refractivity contribution in [1.29, 1.82) is 0 Å². The van der Waals surface area contributed by atoms with Gasteiger partial charge in [-0.1, -0.05) is 27.7 Å². The highest BCUT2D eigenvalue weighted by Gasteiger charge is 2.39. The summed E-state index contributed by atoms with van der Waals surface area (Å²) in [6, 6.07) is 1.42. The summed E-state index contributed by atoms with van der Waals surface area (Å²) in [5.41, 5.74) is 3.17. The van der Waals surface area contributed by atoms with Crippen LogP contribution in [-0.2, 0) is 19.1 Å². The van der Waals surface area contributed by atoms with E-state index in [0.29, 0.717) is 82.9 Å². The van der Waals surface area contributed by atoms with Crippen LogP contribution in [0, 0.1) is 11.8 Å². The highest BCUT2D eigenvalue weighted by Crippen LogP contribution is 2.36. The van der Waals surface area contributed by atoms with Crippen LogP contribution in [0.2, 0.25) is 0 Å². The van der Waals surface area contributed by atoms with Gasteiger partial charge in [0, 0.05) is 19.2 Å². The van der Waals surface area contributed by atoms with Crippen LogP contribution < -0.4 is 10.6 Å². The summed E-state index contributed by atoms with van der Waals surface area (Å²) in [7, 11) is 2.53. The van der Waals surface area contributed by atoms with Crippen molar-refractivity contribution in [2.75, 3.05) is 27.3 Å². The maximum absolute atomic E-state index is 13.5. The van der Waals surface area contributed by atoms with E-state index in [2.05, 4.69) is 40.5 Å². The SMILES string of the molecule is COC(=O)N[C@H](C(=O)N1CCC[C@H]1c1ncc(-c2nc3cc4nc(-c5cnc([C@@H]6CCCN6C(=O)[C@@H](NC(=O)OC)C(C)C)[nH]5)oc4cc3o2)[nH]1)C(C)C. The van der Waals surface area contributed by atoms with Gasteiger partial charge in [0.2, 0.25) is 23.6 Å². The number of fused-ring (bicyclic) bond motifs is 2. The molecule has 2 aliphatic heterocycles. The Bertz CT molecular complexity index is 1980. The fourth-order valence-corrected chi connectivity index (χ4v) is 7.20. The Morgan fingerprint density at radius 3 is 1.54 bits per heavy atom. The average Bonchev–Trinajstić information content (AvgIpc) is 4.00. The fourth-order valence-electron chi connectivity index (χ4n) is 7.20. The molecule has 54 heavy (non-hydrogen) atoms. The standard InChI is InChI=1S/C36H44N10O8/c1-17(2)27(43-35(49)51-5)33(47)45-11-7-9-23(45)29-37-15-21(39-29)31-41-19-13-20-26(14-25(19)53-31)54-32(42-20)22-16-38-30(40-22)24-10-8-12-46(24)34(48)28(18(3)4)44-36(50)52-6/h13-18,23-24,27-28H,7-12H2,1-6H3,(H,37,39)(H,38,40)(H,43,49)(H,44,50)/t23-,24-,27-,28-/m0/s1. The summed E-state index contributed by atoms with van der Waals surface area (Å²) in [6.07, 6.45) is 4.94. The lowest BCUT2D eigenvalue weighted by molar-refractivity contribution is -0.136. The highest BCUT2D eigenvalue weighted by molar-refractivity contribution is 5.91. The first-order valence-electron chi connectivity index (χ1n) is 18.1. The lowest BCUT2D eigenvalue weighted by Crippen LogP contribution is -2.51. The van der Waals surface area contributed by atoms with Gasteiger partial charge < -0.3 is 48.7 Å². The molecule has 286 valence electrons. The summed E-state index contributed by atoms with van der Waals surface area (Å²) < 4.78 is 21.7. The van der Waals surface area contributed by atoms with Gasteiger partial charge in [-0.3, -0.25) is 9.59 Å². The summed E-state index contributed by atoms with van der Waals surface area (Å²) in [5.74, 6) is 1.15. The molecule has 0 radical (unpaired) electrons. The molecule has 4 amide bonds. The van der Waals surface area contributed by atoms with E-state index in [1.807, 2.05) is 27.7 Å². The van der Waals surface area contributed by atoms with E-state index >= 15 is 0 Å². The molecule has 6 heterocycles. The number of hydrogen-bond donors (Lipinski definition) is 4. The number of carbonyl (C=O) groups is 4. The van der Waals surface area contributed by atoms with Gasteiger partial charge >= 0.3 is 12.2 Å². The van der Waals surface area contributed by atoms with Crippen molar-refractivity contribution < 1.29 is 37.5 Å². The zero-order valence-electron chi connectivity index (χ0n) is 31.0. The lowest BCUT2D eigenvalue weighted by Gasteiger charge is -2.29. The van der Waals surface area contributed by atoms with Crippen molar-refractivity contribution in [2.45, 2.75) is 77.5 Å². The largest absolute Gasteiger partial charge is 0.453 e. The number of methoxy groups -OCH3 is 2. The molecular formula is C36H44N10O8. The molecule has 4 atom stereocenters. The van der Waals surface area contributed by atoms with Gasteiger partial charge in [0.05, 0.1) is 38.7 Å². The summed E-state index contributed by atoms with van der Waals surface area (Å²) in [5, 5.41) is 5.33. The Hall–Kier alpha value is -5.94. The number of carbonyl (C=O) groups excluding carboxylic acids is 4. The van der Waals surface area contributed by atoms with Crippen molar-refractivity contribution in [3.8, 4) is 23.2 Å². The zero-order chi connectivity index (χ0) is 38.3. The van der Waals surface area contributed by atoms with Gasteiger partial charge in [-0.25, -0.2) is 29.5 Å². The number of oxazole rings is 2. The number of hydrogen-bond acceptors (Lipinski definition) is 12. The topological polar surface area (TPSA) is 227 Å². The van der Waals surface area contributed by atoms with Gasteiger partial charge in [-0.05, 0) is 43.6 Å². The van der Waals surface area contributed by atoms with Gasteiger partial charge in [-0.2, -0.15) is 0 Å². The highest BCUT2D eigenvalue weighted by atomic mass is 16.5. The Morgan fingerprint density at radius 2 is 1.15 bits per heavy atom. The molecule has 0 bridgehead atoms. The lowest BCUT2D eigenvalue weighted by atomic mass is 10.0. The number of alkyl carbamates (subject to hydrolysis) is 2. The first-order chi connectivity index (χ1) is 25.9. The molecule has 1 aromatic carbocycles. The first kappa shape index (κ1) is 36.4. The minimum absolute atomic E-state index is 0.144. The molecule has 2 saturated heterocycles. The molecule has 18 nitrogen and oxygen atoms in total. The Kier molecular flexibility index (Phi) is 10.00. The van der Waals surface area contributed by atoms with Crippen LogP contribution in [0.15, 0.2) is 33.4 Å². The number of rotatable bonds is 10. The zero-order valence-corrected chi connectivity index (χ0v) is 31.0. The minimum Gasteiger partial charge on any atom is -0.453 e. The minimum atomic E-state index is -0.735. The van der Waals surface area contributed by atoms with Crippen molar-refractivity contribution in [2.24, 2.45) is 11.8 Å². The van der Waals surface area contributed by atoms with Crippen LogP contribution in [0.3, 0.4) is 0 Å². The second kappa shape index (κ2) is 14.8. The number of aromatic amines is 2. The van der Waals surface area contributed by atoms with Gasteiger partial charge in [0.15, 0.2) is 11.2 Å². The molecule has 4 aromatic heterocycles. The molecule has 4 N–H and O–H groups in total. The Labute approximate surface area is 309 Å². The van der Waals surface area contributed by atoms with Crippen molar-refractivity contribution in [3.63, 3.8) is 0 Å². The summed E-state index contributed by atoms with van der Waals surface area (Å²) in [6.45, 7) is 8.56. The molecule has 0 unspecified atom stereocenters. The van der Waals surface area contributed by atoms with Crippen molar-refractivity contribution in [3.05, 3.63) is 36.2 Å². The summed E-state index contributed by atoms with van der Waals surface area (Å²) in [4.78, 5) is 79.5. The van der Waals surface area contributed by atoms with E-state index in [1.165, 1.54) is 14.2 Å². The van der Waals surface area contributed by atoms with E-state index in [0.717, 1.165) is 12.8 Å². The maximum Gasteiger partial charge on any atom is 0.407 e. The number of ether oxygens (including phenoxy) is 2. The van der Waals surface area contributed by atoms with Crippen LogP contribution in [0.5, 0.6) is 0 Å². The first-order valence-corrected chi connectivity index (χ1v) is 18.1. The van der Waals surface area contributed by atoms with Crippen LogP contribution in [0.4, 0.5) is 9.59 Å². The number of imidazole rings is 2. The van der Waals surface area contributed by atoms with Gasteiger partial charge in [0.25, 0.3) is 0 Å². The number of nitrogens with one attached hydrogen (secondary N) is 4. The molecule has 0 spiro atoms. The van der Waals surface area contributed by atoms with E-state index in [1.54, 1.807) is 34.3 Å². The third-order valence-electron chi connectivity index (χ3n) is 10.0. The number of amides is 4. The molecule has 2 aliphatic rings. The third kappa shape index (κ3) is 6.94. The third-order valence-corrected chi connectivity index (χ3v) is 10.0. The smallest absolute Gasteiger partial charge is 0.407 e. The predicted molar refractivity (Wildman–Crippen MR) is 192 cm³/mol. The average molecular weight is 745 g/mol. The number of likely N-dealkylation sites (tertiary alicyclic amines) is 2. The molecule has 2 fully saturated rings. The molecule has 18 heteroatoms. The van der Waals surface area contributed by atoms with Crippen LogP contribution >= 0.6 is 0 Å². The Morgan fingerprint density at radius 1 is 0.722 bits per heavy atom. The quantitative estimate of drug-likeness (QED) is 0.151. The van der Waals surface area contributed by atoms with Crippen LogP contribution in [0.25, 0.3) is 45.4 Å². The normalized spacial score (nSPS) is 18.5. The number of aromatic nitrogens is 6. The van der Waals surface area contributed by atoms with E-state index in [4.69, 9.17) is 18.3 Å². The second-order valence-corrected chi connectivity index (χ2v) is 14.3. The van der Waals surface area contributed by atoms with Crippen molar-refractivity contribution in [1.82, 2.24) is 50.3 Å². The number of nitrogens with zero attached hydrogens (tertiary/aromatic N) is 6. The van der Waals surface area contributed by atoms with E-state index in [9.17, 15) is 19.2 Å². The monoisotopic (exact) mass is 744 g/mol. The fraction of sp³-hybridized carbons (Fsp3) is 0.500. The molecule has 0 saturated carbocycles. The molecular weight excluding hydrogens is 700 g/mol. The van der Waals surface area contributed by atoms with Gasteiger partial charge in [-0.15, -0.1) is 0 Å². The molecule has 0 aliphatic carbocycles. The molecule has 7 rings (SSSR count). The Balaban J connectivity index is 1.07. The van der Waals surface area contributed by atoms with E-state index in [-0.39, 0.29) is 35.7 Å². The maximum atomic E-state index is 13.5. The number of benzene rings is 1.